The summed E-state index contributed by atoms with van der Waals surface area (Å²) in [5, 5.41) is 3.78. The molecular formula is C14H31N3. The molecule has 0 heterocycles. The molecule has 0 aromatic carbocycles. The van der Waals surface area contributed by atoms with Gasteiger partial charge in [-0.05, 0) is 38.8 Å². The highest BCUT2D eigenvalue weighted by atomic mass is 15.1. The van der Waals surface area contributed by atoms with E-state index in [1.54, 1.807) is 0 Å². The number of nitrogens with one attached hydrogen (secondary N) is 1. The van der Waals surface area contributed by atoms with Gasteiger partial charge in [0, 0.05) is 25.2 Å². The zero-order chi connectivity index (χ0) is 12.9. The van der Waals surface area contributed by atoms with E-state index in [9.17, 15) is 0 Å². The smallest absolute Gasteiger partial charge is 0.0335 e. The Morgan fingerprint density at radius 2 is 2.06 bits per heavy atom. The van der Waals surface area contributed by atoms with E-state index < -0.39 is 0 Å². The Kier molecular flexibility index (Phi) is 5.90. The highest BCUT2D eigenvalue weighted by molar-refractivity contribution is 4.99. The summed E-state index contributed by atoms with van der Waals surface area (Å²) >= 11 is 0. The minimum absolute atomic E-state index is 0.197. The van der Waals surface area contributed by atoms with Crippen LogP contribution in [0.1, 0.15) is 39.5 Å². The van der Waals surface area contributed by atoms with Crippen LogP contribution in [-0.2, 0) is 0 Å². The van der Waals surface area contributed by atoms with E-state index in [4.69, 9.17) is 5.73 Å². The van der Waals surface area contributed by atoms with Crippen LogP contribution < -0.4 is 11.1 Å². The minimum atomic E-state index is 0.197. The molecule has 2 atom stereocenters. The molecule has 102 valence electrons. The molecule has 0 spiro atoms. The first-order chi connectivity index (χ1) is 8.02. The first-order valence-corrected chi connectivity index (χ1v) is 7.11. The van der Waals surface area contributed by atoms with Crippen molar-refractivity contribution in [2.24, 2.45) is 17.6 Å². The average Bonchev–Trinajstić information content (AvgIpc) is 2.28. The number of likely N-dealkylation sites (N-methyl/N-ethyl adjacent to an activating group) is 1. The van der Waals surface area contributed by atoms with E-state index in [1.807, 2.05) is 0 Å². The fraction of sp³-hybridized carbons (Fsp3) is 1.00. The van der Waals surface area contributed by atoms with E-state index in [1.165, 1.54) is 25.7 Å². The van der Waals surface area contributed by atoms with Crippen molar-refractivity contribution in [1.82, 2.24) is 10.2 Å². The number of nitrogens with two attached hydrogens (primary N) is 1. The van der Waals surface area contributed by atoms with Crippen molar-refractivity contribution in [3.05, 3.63) is 0 Å². The Morgan fingerprint density at radius 3 is 2.59 bits per heavy atom. The summed E-state index contributed by atoms with van der Waals surface area (Å²) < 4.78 is 0. The van der Waals surface area contributed by atoms with E-state index in [0.717, 1.165) is 31.5 Å². The van der Waals surface area contributed by atoms with Crippen molar-refractivity contribution < 1.29 is 0 Å². The monoisotopic (exact) mass is 241 g/mol. The summed E-state index contributed by atoms with van der Waals surface area (Å²) in [6.45, 7) is 7.60. The molecule has 0 aromatic heterocycles. The molecule has 3 nitrogen and oxygen atoms in total. The van der Waals surface area contributed by atoms with Gasteiger partial charge in [-0.1, -0.05) is 26.7 Å². The first-order valence-electron chi connectivity index (χ1n) is 7.11. The quantitative estimate of drug-likeness (QED) is 0.743. The van der Waals surface area contributed by atoms with Gasteiger partial charge >= 0.3 is 0 Å². The molecule has 3 N–H and O–H groups in total. The highest BCUT2D eigenvalue weighted by Gasteiger charge is 2.40. The lowest BCUT2D eigenvalue weighted by Gasteiger charge is -2.46. The number of nitrogens with zero attached hydrogens (tertiary/aromatic N) is 1. The van der Waals surface area contributed by atoms with Gasteiger partial charge in [-0.3, -0.25) is 0 Å². The van der Waals surface area contributed by atoms with Crippen LogP contribution in [0.3, 0.4) is 0 Å². The lowest BCUT2D eigenvalue weighted by Crippen LogP contribution is -2.60. The molecule has 0 amide bonds. The van der Waals surface area contributed by atoms with Gasteiger partial charge in [0.25, 0.3) is 0 Å². The van der Waals surface area contributed by atoms with Crippen molar-refractivity contribution in [2.75, 3.05) is 33.7 Å². The fourth-order valence-electron chi connectivity index (χ4n) is 3.31. The second kappa shape index (κ2) is 6.72. The zero-order valence-corrected chi connectivity index (χ0v) is 12.1. The molecular weight excluding hydrogens is 210 g/mol. The van der Waals surface area contributed by atoms with Crippen molar-refractivity contribution in [3.63, 3.8) is 0 Å². The molecule has 3 heteroatoms. The lowest BCUT2D eigenvalue weighted by atomic mass is 9.68. The second-order valence-electron chi connectivity index (χ2n) is 6.19. The summed E-state index contributed by atoms with van der Waals surface area (Å²) in [6.07, 6.45) is 5.29. The van der Waals surface area contributed by atoms with Gasteiger partial charge in [-0.15, -0.1) is 0 Å². The van der Waals surface area contributed by atoms with Gasteiger partial charge in [0.05, 0.1) is 0 Å². The van der Waals surface area contributed by atoms with E-state index in [-0.39, 0.29) is 5.54 Å². The van der Waals surface area contributed by atoms with Crippen molar-refractivity contribution in [3.8, 4) is 0 Å². The molecule has 0 bridgehead atoms. The number of hydrogen-bond donors (Lipinski definition) is 2. The largest absolute Gasteiger partial charge is 0.329 e. The molecule has 1 aliphatic rings. The normalized spacial score (nSPS) is 30.2. The number of rotatable bonds is 6. The summed E-state index contributed by atoms with van der Waals surface area (Å²) in [4.78, 5) is 2.23. The molecule has 1 rings (SSSR count). The summed E-state index contributed by atoms with van der Waals surface area (Å²) in [7, 11) is 4.25. The topological polar surface area (TPSA) is 41.3 Å². The van der Waals surface area contributed by atoms with Crippen LogP contribution >= 0.6 is 0 Å². The molecule has 1 aliphatic carbocycles. The third-order valence-corrected chi connectivity index (χ3v) is 4.30. The molecule has 0 radical (unpaired) electrons. The maximum atomic E-state index is 6.11. The van der Waals surface area contributed by atoms with Crippen molar-refractivity contribution >= 4 is 0 Å². The highest BCUT2D eigenvalue weighted by Crippen LogP contribution is 2.37. The first kappa shape index (κ1) is 14.9. The van der Waals surface area contributed by atoms with Gasteiger partial charge in [-0.25, -0.2) is 0 Å². The third-order valence-electron chi connectivity index (χ3n) is 4.30. The van der Waals surface area contributed by atoms with Gasteiger partial charge in [0.1, 0.15) is 0 Å². The Hall–Kier alpha value is -0.120. The van der Waals surface area contributed by atoms with Crippen LogP contribution in [0.15, 0.2) is 0 Å². The van der Waals surface area contributed by atoms with Crippen LogP contribution in [0.4, 0.5) is 0 Å². The predicted molar refractivity (Wildman–Crippen MR) is 75.1 cm³/mol. The maximum absolute atomic E-state index is 6.11. The van der Waals surface area contributed by atoms with Crippen LogP contribution in [0.2, 0.25) is 0 Å². The fourth-order valence-corrected chi connectivity index (χ4v) is 3.31. The second-order valence-corrected chi connectivity index (χ2v) is 6.19. The predicted octanol–water partition coefficient (Wildman–Crippen LogP) is 1.68. The van der Waals surface area contributed by atoms with E-state index in [0.29, 0.717) is 0 Å². The van der Waals surface area contributed by atoms with E-state index >= 15 is 0 Å². The third kappa shape index (κ3) is 3.94. The molecule has 0 aliphatic heterocycles. The molecule has 2 unspecified atom stereocenters. The minimum Gasteiger partial charge on any atom is -0.329 e. The van der Waals surface area contributed by atoms with Gasteiger partial charge in [0.2, 0.25) is 0 Å². The summed E-state index contributed by atoms with van der Waals surface area (Å²) in [6, 6.07) is 0. The Bertz CT molecular complexity index is 216. The van der Waals surface area contributed by atoms with Crippen LogP contribution in [-0.4, -0.2) is 44.2 Å². The lowest BCUT2D eigenvalue weighted by molar-refractivity contribution is 0.107. The molecule has 17 heavy (non-hydrogen) atoms. The van der Waals surface area contributed by atoms with Gasteiger partial charge in [-0.2, -0.15) is 0 Å². The average molecular weight is 241 g/mol. The van der Waals surface area contributed by atoms with Gasteiger partial charge in [0.15, 0.2) is 0 Å². The zero-order valence-electron chi connectivity index (χ0n) is 12.1. The molecule has 1 saturated carbocycles. The Labute approximate surface area is 107 Å². The maximum Gasteiger partial charge on any atom is 0.0335 e. The molecule has 0 aromatic rings. The van der Waals surface area contributed by atoms with Crippen LogP contribution in [0.5, 0.6) is 0 Å². The Balaban J connectivity index is 2.61. The SMILES string of the molecule is CC(C)C1CCCCC1(CN)NCCN(C)C. The van der Waals surface area contributed by atoms with Gasteiger partial charge < -0.3 is 16.0 Å². The van der Waals surface area contributed by atoms with Crippen molar-refractivity contribution in [2.45, 2.75) is 45.1 Å². The van der Waals surface area contributed by atoms with Crippen LogP contribution in [0.25, 0.3) is 0 Å². The summed E-state index contributed by atoms with van der Waals surface area (Å²) in [5.41, 5.74) is 6.30. The van der Waals surface area contributed by atoms with E-state index in [2.05, 4.69) is 38.2 Å². The Morgan fingerprint density at radius 1 is 1.35 bits per heavy atom. The summed E-state index contributed by atoms with van der Waals surface area (Å²) in [5.74, 6) is 1.47. The molecule has 0 saturated heterocycles. The standard InChI is InChI=1S/C14H31N3/c1-12(2)13-7-5-6-8-14(13,11-15)16-9-10-17(3)4/h12-13,16H,5-11,15H2,1-4H3. The number of hydrogen-bond acceptors (Lipinski definition) is 3. The van der Waals surface area contributed by atoms with Crippen molar-refractivity contribution in [1.29, 1.82) is 0 Å². The molecule has 1 fully saturated rings. The van der Waals surface area contributed by atoms with Crippen LogP contribution in [0, 0.1) is 11.8 Å².